The third kappa shape index (κ3) is 2.62. The number of carbonyl (C=O) groups excluding carboxylic acids is 1. The molecule has 0 radical (unpaired) electrons. The Labute approximate surface area is 109 Å². The molecule has 0 spiro atoms. The maximum Gasteiger partial charge on any atom is 0.198 e. The molecule has 0 saturated heterocycles. The van der Waals surface area contributed by atoms with Crippen LogP contribution in [0, 0.1) is 18.6 Å². The highest BCUT2D eigenvalue weighted by Crippen LogP contribution is 2.21. The molecule has 0 amide bonds. The third-order valence-electron chi connectivity index (χ3n) is 2.79. The van der Waals surface area contributed by atoms with Gasteiger partial charge in [-0.25, -0.2) is 8.78 Å². The van der Waals surface area contributed by atoms with E-state index in [-0.39, 0.29) is 11.1 Å². The number of aryl methyl sites for hydroxylation is 1. The van der Waals surface area contributed by atoms with Crippen LogP contribution in [0.5, 0.6) is 5.75 Å². The van der Waals surface area contributed by atoms with Crippen molar-refractivity contribution < 1.29 is 18.3 Å². The molecule has 2 aromatic carbocycles. The van der Waals surface area contributed by atoms with Crippen LogP contribution in [-0.4, -0.2) is 12.9 Å². The van der Waals surface area contributed by atoms with Gasteiger partial charge in [0.15, 0.2) is 5.78 Å². The number of halogens is 2. The fourth-order valence-corrected chi connectivity index (χ4v) is 1.76. The smallest absolute Gasteiger partial charge is 0.198 e. The predicted molar refractivity (Wildman–Crippen MR) is 67.5 cm³/mol. The summed E-state index contributed by atoms with van der Waals surface area (Å²) in [6.07, 6.45) is 0. The van der Waals surface area contributed by atoms with Crippen LogP contribution in [0.15, 0.2) is 36.4 Å². The van der Waals surface area contributed by atoms with Gasteiger partial charge in [0.05, 0.1) is 18.2 Å². The second-order valence-corrected chi connectivity index (χ2v) is 4.16. The van der Waals surface area contributed by atoms with Gasteiger partial charge in [0.1, 0.15) is 17.4 Å². The van der Waals surface area contributed by atoms with Gasteiger partial charge in [0, 0.05) is 6.07 Å². The molecule has 0 bridgehead atoms. The van der Waals surface area contributed by atoms with Crippen molar-refractivity contribution >= 4 is 5.78 Å². The number of hydrogen-bond donors (Lipinski definition) is 0. The molecule has 98 valence electrons. The molecular weight excluding hydrogens is 250 g/mol. The van der Waals surface area contributed by atoms with Crippen LogP contribution < -0.4 is 4.74 Å². The van der Waals surface area contributed by atoms with E-state index in [9.17, 15) is 13.6 Å². The molecule has 0 saturated carbocycles. The molecule has 2 rings (SSSR count). The van der Waals surface area contributed by atoms with Gasteiger partial charge in [-0.1, -0.05) is 6.07 Å². The maximum absolute atomic E-state index is 13.8. The van der Waals surface area contributed by atoms with E-state index in [0.717, 1.165) is 6.07 Å². The highest BCUT2D eigenvalue weighted by molar-refractivity contribution is 6.09. The summed E-state index contributed by atoms with van der Waals surface area (Å²) in [5.74, 6) is -1.76. The Kier molecular flexibility index (Phi) is 3.60. The van der Waals surface area contributed by atoms with Crippen molar-refractivity contribution in [3.63, 3.8) is 0 Å². The van der Waals surface area contributed by atoms with Crippen LogP contribution in [0.3, 0.4) is 0 Å². The minimum absolute atomic E-state index is 0.144. The Morgan fingerprint density at radius 2 is 1.58 bits per heavy atom. The molecule has 19 heavy (non-hydrogen) atoms. The monoisotopic (exact) mass is 262 g/mol. The Morgan fingerprint density at radius 1 is 1.00 bits per heavy atom. The van der Waals surface area contributed by atoms with E-state index in [1.165, 1.54) is 31.4 Å². The summed E-state index contributed by atoms with van der Waals surface area (Å²) in [7, 11) is 1.40. The molecule has 2 aromatic rings. The zero-order valence-electron chi connectivity index (χ0n) is 10.5. The zero-order valence-corrected chi connectivity index (χ0v) is 10.5. The van der Waals surface area contributed by atoms with Crippen molar-refractivity contribution in [3.05, 3.63) is 64.7 Å². The van der Waals surface area contributed by atoms with Crippen LogP contribution in [0.1, 0.15) is 21.5 Å². The molecule has 0 aliphatic heterocycles. The second kappa shape index (κ2) is 5.18. The second-order valence-electron chi connectivity index (χ2n) is 4.16. The van der Waals surface area contributed by atoms with Gasteiger partial charge in [0.25, 0.3) is 0 Å². The minimum atomic E-state index is -0.732. The minimum Gasteiger partial charge on any atom is -0.497 e. The van der Waals surface area contributed by atoms with E-state index in [4.69, 9.17) is 4.74 Å². The molecule has 0 aliphatic rings. The number of ketones is 1. The summed E-state index contributed by atoms with van der Waals surface area (Å²) >= 11 is 0. The lowest BCUT2D eigenvalue weighted by Gasteiger charge is -2.06. The Hall–Kier alpha value is -2.23. The summed E-state index contributed by atoms with van der Waals surface area (Å²) in [6, 6.07) is 8.06. The third-order valence-corrected chi connectivity index (χ3v) is 2.79. The molecule has 0 aromatic heterocycles. The fourth-order valence-electron chi connectivity index (χ4n) is 1.76. The van der Waals surface area contributed by atoms with E-state index in [2.05, 4.69) is 0 Å². The number of ether oxygens (including phenoxy) is 1. The first-order valence-electron chi connectivity index (χ1n) is 5.67. The number of hydrogen-bond acceptors (Lipinski definition) is 2. The fraction of sp³-hybridized carbons (Fsp3) is 0.133. The van der Waals surface area contributed by atoms with Gasteiger partial charge < -0.3 is 4.74 Å². The molecule has 4 heteroatoms. The van der Waals surface area contributed by atoms with E-state index in [0.29, 0.717) is 11.3 Å². The molecule has 0 fully saturated rings. The van der Waals surface area contributed by atoms with Gasteiger partial charge in [-0.2, -0.15) is 0 Å². The molecule has 0 N–H and O–H groups in total. The van der Waals surface area contributed by atoms with Crippen molar-refractivity contribution in [3.8, 4) is 5.75 Å². The molecule has 0 heterocycles. The standard InChI is InChI=1S/C15H12F2O2/c1-9-3-5-11(13(16)7-9)15(18)12-6-4-10(19-2)8-14(12)17/h3-8H,1-2H3. The molecule has 2 nitrogen and oxygen atoms in total. The predicted octanol–water partition coefficient (Wildman–Crippen LogP) is 3.51. The summed E-state index contributed by atoms with van der Waals surface area (Å²) < 4.78 is 32.3. The van der Waals surface area contributed by atoms with Crippen molar-refractivity contribution in [1.82, 2.24) is 0 Å². The van der Waals surface area contributed by atoms with E-state index < -0.39 is 17.4 Å². The topological polar surface area (TPSA) is 26.3 Å². The number of carbonyl (C=O) groups is 1. The van der Waals surface area contributed by atoms with Gasteiger partial charge in [-0.15, -0.1) is 0 Å². The first-order chi connectivity index (χ1) is 9.02. The lowest BCUT2D eigenvalue weighted by Crippen LogP contribution is -2.07. The largest absolute Gasteiger partial charge is 0.497 e. The van der Waals surface area contributed by atoms with Crippen LogP contribution in [0.4, 0.5) is 8.78 Å². The lowest BCUT2D eigenvalue weighted by molar-refractivity contribution is 0.103. The number of benzene rings is 2. The zero-order chi connectivity index (χ0) is 14.0. The maximum atomic E-state index is 13.8. The quantitative estimate of drug-likeness (QED) is 0.791. The first-order valence-corrected chi connectivity index (χ1v) is 5.67. The summed E-state index contributed by atoms with van der Waals surface area (Å²) in [5.41, 5.74) is 0.377. The van der Waals surface area contributed by atoms with Crippen molar-refractivity contribution in [2.24, 2.45) is 0 Å². The van der Waals surface area contributed by atoms with E-state index in [1.54, 1.807) is 13.0 Å². The van der Waals surface area contributed by atoms with E-state index in [1.807, 2.05) is 0 Å². The Morgan fingerprint density at radius 3 is 2.11 bits per heavy atom. The van der Waals surface area contributed by atoms with Crippen molar-refractivity contribution in [2.75, 3.05) is 7.11 Å². The number of methoxy groups -OCH3 is 1. The summed E-state index contributed by atoms with van der Waals surface area (Å²) in [6.45, 7) is 1.71. The summed E-state index contributed by atoms with van der Waals surface area (Å²) in [4.78, 5) is 12.1. The highest BCUT2D eigenvalue weighted by atomic mass is 19.1. The SMILES string of the molecule is COc1ccc(C(=O)c2ccc(C)cc2F)c(F)c1. The van der Waals surface area contributed by atoms with Gasteiger partial charge >= 0.3 is 0 Å². The molecule has 0 aliphatic carbocycles. The first kappa shape index (κ1) is 13.2. The average molecular weight is 262 g/mol. The van der Waals surface area contributed by atoms with Crippen LogP contribution in [-0.2, 0) is 0 Å². The Balaban J connectivity index is 2.44. The number of rotatable bonds is 3. The van der Waals surface area contributed by atoms with Crippen LogP contribution >= 0.6 is 0 Å². The van der Waals surface area contributed by atoms with E-state index >= 15 is 0 Å². The van der Waals surface area contributed by atoms with Gasteiger partial charge in [-0.05, 0) is 36.8 Å². The lowest BCUT2D eigenvalue weighted by atomic mass is 10.0. The van der Waals surface area contributed by atoms with Crippen molar-refractivity contribution in [2.45, 2.75) is 6.92 Å². The average Bonchev–Trinajstić information content (AvgIpc) is 2.37. The Bertz CT molecular complexity index is 636. The molecular formula is C15H12F2O2. The van der Waals surface area contributed by atoms with Crippen LogP contribution in [0.2, 0.25) is 0 Å². The van der Waals surface area contributed by atoms with Crippen molar-refractivity contribution in [1.29, 1.82) is 0 Å². The normalized spacial score (nSPS) is 10.3. The van der Waals surface area contributed by atoms with Crippen LogP contribution in [0.25, 0.3) is 0 Å². The molecule has 0 atom stereocenters. The van der Waals surface area contributed by atoms with Gasteiger partial charge in [-0.3, -0.25) is 4.79 Å². The molecule has 0 unspecified atom stereocenters. The summed E-state index contributed by atoms with van der Waals surface area (Å²) in [5, 5.41) is 0. The highest BCUT2D eigenvalue weighted by Gasteiger charge is 2.18. The van der Waals surface area contributed by atoms with Gasteiger partial charge in [0.2, 0.25) is 0 Å².